The van der Waals surface area contributed by atoms with Gasteiger partial charge in [-0.15, -0.1) is 0 Å². The smallest absolute Gasteiger partial charge is 0.319 e. The number of benzene rings is 2. The Labute approximate surface area is 176 Å². The summed E-state index contributed by atoms with van der Waals surface area (Å²) in [7, 11) is 1.64. The molecular weight excluding hydrogens is 382 g/mol. The Morgan fingerprint density at radius 3 is 2.43 bits per heavy atom. The van der Waals surface area contributed by atoms with E-state index < -0.39 is 0 Å². The third-order valence-corrected chi connectivity index (χ3v) is 4.16. The van der Waals surface area contributed by atoms with Gasteiger partial charge in [0.25, 0.3) is 0 Å². The number of hydrogen-bond donors (Lipinski definition) is 2. The van der Waals surface area contributed by atoms with Gasteiger partial charge in [0.05, 0.1) is 19.9 Å². The largest absolute Gasteiger partial charge is 0.497 e. The van der Waals surface area contributed by atoms with Crippen LogP contribution in [0.3, 0.4) is 0 Å². The lowest BCUT2D eigenvalue weighted by atomic mass is 10.2. The lowest BCUT2D eigenvalue weighted by Gasteiger charge is -2.09. The zero-order chi connectivity index (χ0) is 21.0. The van der Waals surface area contributed by atoms with Gasteiger partial charge in [0.2, 0.25) is 0 Å². The van der Waals surface area contributed by atoms with Gasteiger partial charge in [-0.25, -0.2) is 4.79 Å². The quantitative estimate of drug-likeness (QED) is 0.480. The molecule has 3 aromatic rings. The van der Waals surface area contributed by atoms with Crippen molar-refractivity contribution >= 4 is 11.7 Å². The Balaban J connectivity index is 1.29. The Kier molecular flexibility index (Phi) is 8.05. The molecule has 0 atom stereocenters. The first-order valence-corrected chi connectivity index (χ1v) is 9.66. The minimum absolute atomic E-state index is 0.258. The van der Waals surface area contributed by atoms with Crippen LogP contribution in [0.1, 0.15) is 12.0 Å². The molecule has 1 heterocycles. The van der Waals surface area contributed by atoms with Crippen LogP contribution in [-0.4, -0.2) is 31.3 Å². The lowest BCUT2D eigenvalue weighted by molar-refractivity contribution is 0.119. The van der Waals surface area contributed by atoms with Gasteiger partial charge in [0, 0.05) is 25.0 Å². The summed E-state index contributed by atoms with van der Waals surface area (Å²) in [5, 5.41) is 5.60. The molecule has 0 bridgehead atoms. The second kappa shape index (κ2) is 11.4. The SMILES string of the molecule is COc1ccc(COCCCNC(=O)Nc2ccc(Oc3cccnc3)cc2)cc1. The van der Waals surface area contributed by atoms with E-state index in [-0.39, 0.29) is 6.03 Å². The second-order valence-electron chi connectivity index (χ2n) is 6.45. The van der Waals surface area contributed by atoms with Gasteiger partial charge in [-0.2, -0.15) is 0 Å². The first kappa shape index (κ1) is 21.1. The zero-order valence-electron chi connectivity index (χ0n) is 16.8. The number of nitrogens with zero attached hydrogens (tertiary/aromatic N) is 1. The van der Waals surface area contributed by atoms with Crippen molar-refractivity contribution in [2.45, 2.75) is 13.0 Å². The highest BCUT2D eigenvalue weighted by Gasteiger charge is 2.03. The molecule has 0 saturated carbocycles. The van der Waals surface area contributed by atoms with Crippen LogP contribution in [0.25, 0.3) is 0 Å². The molecule has 7 nitrogen and oxygen atoms in total. The minimum atomic E-state index is -0.258. The number of methoxy groups -OCH3 is 1. The molecule has 2 amide bonds. The van der Waals surface area contributed by atoms with Crippen LogP contribution in [0.5, 0.6) is 17.2 Å². The van der Waals surface area contributed by atoms with E-state index in [1.165, 1.54) is 0 Å². The molecule has 0 aliphatic heterocycles. The van der Waals surface area contributed by atoms with E-state index in [0.29, 0.717) is 36.9 Å². The summed E-state index contributed by atoms with van der Waals surface area (Å²) in [4.78, 5) is 16.0. The molecule has 0 aliphatic rings. The van der Waals surface area contributed by atoms with Crippen molar-refractivity contribution in [1.29, 1.82) is 0 Å². The van der Waals surface area contributed by atoms with Crippen molar-refractivity contribution in [1.82, 2.24) is 10.3 Å². The molecule has 1 aromatic heterocycles. The fraction of sp³-hybridized carbons (Fsp3) is 0.217. The van der Waals surface area contributed by atoms with E-state index in [0.717, 1.165) is 17.7 Å². The Bertz CT molecular complexity index is 900. The van der Waals surface area contributed by atoms with Crippen LogP contribution in [0.2, 0.25) is 0 Å². The van der Waals surface area contributed by atoms with E-state index in [2.05, 4.69) is 15.6 Å². The minimum Gasteiger partial charge on any atom is -0.497 e. The van der Waals surface area contributed by atoms with E-state index >= 15 is 0 Å². The maximum Gasteiger partial charge on any atom is 0.319 e. The monoisotopic (exact) mass is 407 g/mol. The van der Waals surface area contributed by atoms with E-state index in [9.17, 15) is 4.79 Å². The highest BCUT2D eigenvalue weighted by Crippen LogP contribution is 2.22. The second-order valence-corrected chi connectivity index (χ2v) is 6.45. The topological polar surface area (TPSA) is 81.7 Å². The number of ether oxygens (including phenoxy) is 3. The van der Waals surface area contributed by atoms with Crippen molar-refractivity contribution in [2.75, 3.05) is 25.6 Å². The van der Waals surface area contributed by atoms with Crippen LogP contribution in [-0.2, 0) is 11.3 Å². The molecule has 0 aliphatic carbocycles. The standard InChI is InChI=1S/C23H25N3O4/c1-28-20-9-5-18(6-10-20)17-29-15-3-14-25-23(27)26-19-7-11-21(12-8-19)30-22-4-2-13-24-16-22/h2,4-13,16H,3,14-15,17H2,1H3,(H2,25,26,27). The fourth-order valence-corrected chi connectivity index (χ4v) is 2.61. The third-order valence-electron chi connectivity index (χ3n) is 4.16. The van der Waals surface area contributed by atoms with Crippen LogP contribution >= 0.6 is 0 Å². The van der Waals surface area contributed by atoms with E-state index in [4.69, 9.17) is 14.2 Å². The third kappa shape index (κ3) is 7.10. The molecule has 0 radical (unpaired) electrons. The molecule has 30 heavy (non-hydrogen) atoms. The van der Waals surface area contributed by atoms with Crippen LogP contribution in [0.15, 0.2) is 73.1 Å². The summed E-state index contributed by atoms with van der Waals surface area (Å²) < 4.78 is 16.4. The van der Waals surface area contributed by atoms with E-state index in [1.807, 2.05) is 30.3 Å². The molecule has 0 unspecified atom stereocenters. The summed E-state index contributed by atoms with van der Waals surface area (Å²) in [5.41, 5.74) is 1.76. The summed E-state index contributed by atoms with van der Waals surface area (Å²) >= 11 is 0. The maximum absolute atomic E-state index is 12.0. The number of amides is 2. The highest BCUT2D eigenvalue weighted by molar-refractivity contribution is 5.89. The molecule has 7 heteroatoms. The average Bonchev–Trinajstić information content (AvgIpc) is 2.78. The zero-order valence-corrected chi connectivity index (χ0v) is 16.8. The summed E-state index contributed by atoms with van der Waals surface area (Å²) in [6, 6.07) is 18.3. The van der Waals surface area contributed by atoms with Gasteiger partial charge < -0.3 is 24.8 Å². The number of carbonyl (C=O) groups is 1. The van der Waals surface area contributed by atoms with Gasteiger partial charge in [0.15, 0.2) is 0 Å². The Morgan fingerprint density at radius 2 is 1.73 bits per heavy atom. The average molecular weight is 407 g/mol. The van der Waals surface area contributed by atoms with Crippen molar-refractivity contribution in [3.05, 3.63) is 78.6 Å². The highest BCUT2D eigenvalue weighted by atomic mass is 16.5. The number of anilines is 1. The van der Waals surface area contributed by atoms with Gasteiger partial charge in [-0.3, -0.25) is 4.98 Å². The number of nitrogens with one attached hydrogen (secondary N) is 2. The van der Waals surface area contributed by atoms with Gasteiger partial charge >= 0.3 is 6.03 Å². The lowest BCUT2D eigenvalue weighted by Crippen LogP contribution is -2.30. The van der Waals surface area contributed by atoms with E-state index in [1.54, 1.807) is 49.8 Å². The molecule has 2 N–H and O–H groups in total. The summed E-state index contributed by atoms with van der Waals surface area (Å²) in [5.74, 6) is 2.15. The summed E-state index contributed by atoms with van der Waals surface area (Å²) in [6.07, 6.45) is 4.05. The number of carbonyl (C=O) groups excluding carboxylic acids is 1. The van der Waals surface area contributed by atoms with Crippen molar-refractivity contribution in [2.24, 2.45) is 0 Å². The molecule has 156 valence electrons. The number of rotatable bonds is 10. The first-order chi connectivity index (χ1) is 14.7. The van der Waals surface area contributed by atoms with Gasteiger partial charge in [0.1, 0.15) is 17.2 Å². The molecule has 2 aromatic carbocycles. The predicted molar refractivity (Wildman–Crippen MR) is 115 cm³/mol. The number of hydrogen-bond acceptors (Lipinski definition) is 5. The van der Waals surface area contributed by atoms with Crippen molar-refractivity contribution in [3.8, 4) is 17.2 Å². The van der Waals surface area contributed by atoms with Crippen LogP contribution in [0.4, 0.5) is 10.5 Å². The van der Waals surface area contributed by atoms with Crippen LogP contribution < -0.4 is 20.1 Å². The molecule has 3 rings (SSSR count). The fourth-order valence-electron chi connectivity index (χ4n) is 2.61. The molecular formula is C23H25N3O4. The van der Waals surface area contributed by atoms with Crippen molar-refractivity contribution < 1.29 is 19.0 Å². The normalized spacial score (nSPS) is 10.3. The number of urea groups is 1. The first-order valence-electron chi connectivity index (χ1n) is 9.66. The Morgan fingerprint density at radius 1 is 0.967 bits per heavy atom. The van der Waals surface area contributed by atoms with Crippen LogP contribution in [0, 0.1) is 0 Å². The predicted octanol–water partition coefficient (Wildman–Crippen LogP) is 4.61. The summed E-state index contributed by atoms with van der Waals surface area (Å²) in [6.45, 7) is 1.62. The number of aromatic nitrogens is 1. The number of pyridine rings is 1. The van der Waals surface area contributed by atoms with Gasteiger partial charge in [-0.05, 0) is 60.5 Å². The molecule has 0 fully saturated rings. The van der Waals surface area contributed by atoms with Gasteiger partial charge in [-0.1, -0.05) is 12.1 Å². The molecule has 0 spiro atoms. The maximum atomic E-state index is 12.0. The Hall–Kier alpha value is -3.58. The van der Waals surface area contributed by atoms with Crippen molar-refractivity contribution in [3.63, 3.8) is 0 Å². The molecule has 0 saturated heterocycles.